The maximum absolute atomic E-state index is 12.4. The van der Waals surface area contributed by atoms with Gasteiger partial charge in [-0.3, -0.25) is 14.9 Å². The van der Waals surface area contributed by atoms with E-state index in [-0.39, 0.29) is 16.6 Å². The van der Waals surface area contributed by atoms with Crippen molar-refractivity contribution in [3.8, 4) is 0 Å². The lowest BCUT2D eigenvalue weighted by molar-refractivity contribution is -0.384. The van der Waals surface area contributed by atoms with Gasteiger partial charge in [-0.05, 0) is 25.1 Å². The first-order valence-corrected chi connectivity index (χ1v) is 9.28. The Morgan fingerprint density at radius 3 is 2.80 bits per heavy atom. The zero-order valence-electron chi connectivity index (χ0n) is 12.9. The van der Waals surface area contributed by atoms with Crippen LogP contribution in [-0.4, -0.2) is 21.1 Å². The molecule has 0 aliphatic heterocycles. The van der Waals surface area contributed by atoms with Gasteiger partial charge in [-0.25, -0.2) is 4.98 Å². The molecule has 3 aromatic rings. The summed E-state index contributed by atoms with van der Waals surface area (Å²) in [5.41, 5.74) is 1.12. The number of thiazole rings is 1. The van der Waals surface area contributed by atoms with Crippen molar-refractivity contribution < 1.29 is 9.72 Å². The number of non-ortho nitro benzene ring substituents is 1. The maximum atomic E-state index is 12.4. The third-order valence-electron chi connectivity index (χ3n) is 3.34. The predicted octanol–water partition coefficient (Wildman–Crippen LogP) is 4.98. The second kappa shape index (κ2) is 7.38. The highest BCUT2D eigenvalue weighted by Crippen LogP contribution is 2.33. The fourth-order valence-electron chi connectivity index (χ4n) is 2.06. The number of nitro groups is 1. The molecule has 1 N–H and O–H groups in total. The standard InChI is InChI=1S/C16H12ClN3O3S2/c1-9(24-16-19-13-4-2-3-5-14(13)25-16)15(21)18-12-7-6-10(20(22)23)8-11(12)17/h2-9H,1H3,(H,18,21)/t9-/m0/s1. The van der Waals surface area contributed by atoms with Crippen molar-refractivity contribution in [1.29, 1.82) is 0 Å². The number of hydrogen-bond acceptors (Lipinski definition) is 6. The number of hydrogen-bond donors (Lipinski definition) is 1. The molecule has 128 valence electrons. The summed E-state index contributed by atoms with van der Waals surface area (Å²) < 4.78 is 1.87. The van der Waals surface area contributed by atoms with E-state index in [1.165, 1.54) is 41.3 Å². The molecular weight excluding hydrogens is 382 g/mol. The molecule has 9 heteroatoms. The van der Waals surface area contributed by atoms with Gasteiger partial charge in [0.2, 0.25) is 5.91 Å². The van der Waals surface area contributed by atoms with Gasteiger partial charge < -0.3 is 5.32 Å². The van der Waals surface area contributed by atoms with Crippen molar-refractivity contribution in [2.45, 2.75) is 16.5 Å². The number of amides is 1. The van der Waals surface area contributed by atoms with Crippen LogP contribution < -0.4 is 5.32 Å². The molecule has 1 atom stereocenters. The van der Waals surface area contributed by atoms with E-state index in [4.69, 9.17) is 11.6 Å². The van der Waals surface area contributed by atoms with Crippen LogP contribution in [0.1, 0.15) is 6.92 Å². The van der Waals surface area contributed by atoms with Crippen LogP contribution in [0.5, 0.6) is 0 Å². The van der Waals surface area contributed by atoms with E-state index < -0.39 is 10.2 Å². The quantitative estimate of drug-likeness (QED) is 0.375. The van der Waals surface area contributed by atoms with Gasteiger partial charge in [0.25, 0.3) is 5.69 Å². The minimum atomic E-state index is -0.539. The predicted molar refractivity (Wildman–Crippen MR) is 102 cm³/mol. The molecule has 0 aliphatic rings. The highest BCUT2D eigenvalue weighted by atomic mass is 35.5. The van der Waals surface area contributed by atoms with E-state index in [9.17, 15) is 14.9 Å². The Hall–Kier alpha value is -2.16. The van der Waals surface area contributed by atoms with Gasteiger partial charge in [0.15, 0.2) is 4.34 Å². The lowest BCUT2D eigenvalue weighted by atomic mass is 10.2. The molecule has 6 nitrogen and oxygen atoms in total. The number of aromatic nitrogens is 1. The van der Waals surface area contributed by atoms with Gasteiger partial charge in [-0.1, -0.05) is 35.5 Å². The molecule has 0 saturated heterocycles. The minimum Gasteiger partial charge on any atom is -0.324 e. The fourth-order valence-corrected chi connectivity index (χ4v) is 4.49. The third-order valence-corrected chi connectivity index (χ3v) is 5.89. The summed E-state index contributed by atoms with van der Waals surface area (Å²) in [6.45, 7) is 1.77. The first kappa shape index (κ1) is 17.7. The van der Waals surface area contributed by atoms with Gasteiger partial charge >= 0.3 is 0 Å². The number of carbonyl (C=O) groups is 1. The molecule has 0 fully saturated rings. The van der Waals surface area contributed by atoms with Crippen LogP contribution in [0, 0.1) is 10.1 Å². The molecule has 0 unspecified atom stereocenters. The average Bonchev–Trinajstić information content (AvgIpc) is 2.98. The number of nitrogens with one attached hydrogen (secondary N) is 1. The first-order chi connectivity index (χ1) is 11.9. The minimum absolute atomic E-state index is 0.125. The Balaban J connectivity index is 1.69. The molecule has 0 spiro atoms. The highest BCUT2D eigenvalue weighted by molar-refractivity contribution is 8.02. The van der Waals surface area contributed by atoms with E-state index in [0.717, 1.165) is 14.6 Å². The lowest BCUT2D eigenvalue weighted by Gasteiger charge is -2.11. The Labute approximate surface area is 156 Å². The molecular formula is C16H12ClN3O3S2. The van der Waals surface area contributed by atoms with Crippen LogP contribution in [0.15, 0.2) is 46.8 Å². The van der Waals surface area contributed by atoms with Crippen LogP contribution >= 0.6 is 34.7 Å². The molecule has 0 aliphatic carbocycles. The number of nitrogens with zero attached hydrogens (tertiary/aromatic N) is 2. The summed E-state index contributed by atoms with van der Waals surface area (Å²) in [7, 11) is 0. The number of nitro benzene ring substituents is 1. The second-order valence-corrected chi connectivity index (χ2v) is 8.14. The van der Waals surface area contributed by atoms with Gasteiger partial charge in [-0.2, -0.15) is 0 Å². The molecule has 3 rings (SSSR count). The van der Waals surface area contributed by atoms with Crippen molar-refractivity contribution in [3.63, 3.8) is 0 Å². The summed E-state index contributed by atoms with van der Waals surface area (Å²) in [4.78, 5) is 27.0. The molecule has 0 radical (unpaired) electrons. The van der Waals surface area contributed by atoms with Crippen LogP contribution in [0.25, 0.3) is 10.2 Å². The van der Waals surface area contributed by atoms with Crippen LogP contribution in [0.3, 0.4) is 0 Å². The van der Waals surface area contributed by atoms with Crippen molar-refractivity contribution in [3.05, 3.63) is 57.6 Å². The molecule has 1 heterocycles. The Bertz CT molecular complexity index is 928. The number of halogens is 1. The van der Waals surface area contributed by atoms with E-state index in [2.05, 4.69) is 10.3 Å². The van der Waals surface area contributed by atoms with Gasteiger partial charge in [0, 0.05) is 12.1 Å². The van der Waals surface area contributed by atoms with Crippen molar-refractivity contribution in [1.82, 2.24) is 4.98 Å². The van der Waals surface area contributed by atoms with Crippen molar-refractivity contribution >= 4 is 62.2 Å². The summed E-state index contributed by atoms with van der Waals surface area (Å²) in [5.74, 6) is -0.250. The summed E-state index contributed by atoms with van der Waals surface area (Å²) >= 11 is 8.88. The first-order valence-electron chi connectivity index (χ1n) is 7.21. The lowest BCUT2D eigenvalue weighted by Crippen LogP contribution is -2.22. The SMILES string of the molecule is C[C@H](Sc1nc2ccccc2s1)C(=O)Nc1ccc([N+](=O)[O-])cc1Cl. The van der Waals surface area contributed by atoms with Crippen LogP contribution in [0.4, 0.5) is 11.4 Å². The molecule has 1 amide bonds. The number of para-hydroxylation sites is 1. The van der Waals surface area contributed by atoms with E-state index in [1.807, 2.05) is 24.3 Å². The number of rotatable bonds is 5. The van der Waals surface area contributed by atoms with Crippen molar-refractivity contribution in [2.24, 2.45) is 0 Å². The van der Waals surface area contributed by atoms with E-state index in [1.54, 1.807) is 6.92 Å². The average molecular weight is 394 g/mol. The molecule has 25 heavy (non-hydrogen) atoms. The fraction of sp³-hybridized carbons (Fsp3) is 0.125. The van der Waals surface area contributed by atoms with Crippen molar-refractivity contribution in [2.75, 3.05) is 5.32 Å². The number of thioether (sulfide) groups is 1. The number of benzene rings is 2. The Morgan fingerprint density at radius 2 is 2.12 bits per heavy atom. The Morgan fingerprint density at radius 1 is 1.36 bits per heavy atom. The van der Waals surface area contributed by atoms with Gasteiger partial charge in [-0.15, -0.1) is 11.3 Å². The zero-order chi connectivity index (χ0) is 18.0. The Kier molecular flexibility index (Phi) is 5.22. The molecule has 2 aromatic carbocycles. The number of fused-ring (bicyclic) bond motifs is 1. The summed E-state index contributed by atoms with van der Waals surface area (Å²) in [5, 5.41) is 13.1. The van der Waals surface area contributed by atoms with Gasteiger partial charge in [0.1, 0.15) is 0 Å². The largest absolute Gasteiger partial charge is 0.324 e. The highest BCUT2D eigenvalue weighted by Gasteiger charge is 2.19. The van der Waals surface area contributed by atoms with Crippen LogP contribution in [-0.2, 0) is 4.79 Å². The maximum Gasteiger partial charge on any atom is 0.271 e. The van der Waals surface area contributed by atoms with E-state index >= 15 is 0 Å². The topological polar surface area (TPSA) is 85.1 Å². The summed E-state index contributed by atoms with van der Waals surface area (Å²) in [6.07, 6.45) is 0. The summed E-state index contributed by atoms with van der Waals surface area (Å²) in [6, 6.07) is 11.7. The van der Waals surface area contributed by atoms with E-state index in [0.29, 0.717) is 5.69 Å². The second-order valence-electron chi connectivity index (χ2n) is 5.12. The normalized spacial score (nSPS) is 12.1. The molecule has 1 aromatic heterocycles. The number of anilines is 1. The zero-order valence-corrected chi connectivity index (χ0v) is 15.3. The third kappa shape index (κ3) is 4.09. The van der Waals surface area contributed by atoms with Gasteiger partial charge in [0.05, 0.1) is 31.1 Å². The monoisotopic (exact) mass is 393 g/mol. The van der Waals surface area contributed by atoms with Crippen LogP contribution in [0.2, 0.25) is 5.02 Å². The number of carbonyl (C=O) groups excluding carboxylic acids is 1. The molecule has 0 saturated carbocycles. The molecule has 0 bridgehead atoms. The smallest absolute Gasteiger partial charge is 0.271 e.